The van der Waals surface area contributed by atoms with Crippen LogP contribution >= 0.6 is 27.3 Å². The highest BCUT2D eigenvalue weighted by Gasteiger charge is 2.06. The molecule has 0 fully saturated rings. The smallest absolute Gasteiger partial charge is 0.0744 e. The maximum atomic E-state index is 5.22. The molecule has 0 aliphatic carbocycles. The normalized spacial score (nSPS) is 10.5. The second kappa shape index (κ2) is 6.19. The van der Waals surface area contributed by atoms with Gasteiger partial charge in [0.15, 0.2) is 0 Å². The van der Waals surface area contributed by atoms with Gasteiger partial charge in [0, 0.05) is 29.4 Å². The van der Waals surface area contributed by atoms with E-state index >= 15 is 0 Å². The second-order valence-corrected chi connectivity index (χ2v) is 5.32. The highest BCUT2D eigenvalue weighted by atomic mass is 79.9. The molecule has 0 aliphatic heterocycles. The average Bonchev–Trinajstić information content (AvgIpc) is 2.83. The number of anilines is 1. The number of rotatable bonds is 5. The zero-order valence-electron chi connectivity index (χ0n) is 9.57. The zero-order valence-corrected chi connectivity index (χ0v) is 12.0. The summed E-state index contributed by atoms with van der Waals surface area (Å²) in [5.74, 6) is 0. The van der Waals surface area contributed by atoms with Crippen molar-refractivity contribution in [2.45, 2.75) is 13.2 Å². The van der Waals surface area contributed by atoms with Gasteiger partial charge in [0.05, 0.1) is 6.61 Å². The number of hydrogen-bond acceptors (Lipinski definition) is 3. The molecule has 0 atom stereocenters. The van der Waals surface area contributed by atoms with Crippen molar-refractivity contribution in [3.8, 4) is 0 Å². The van der Waals surface area contributed by atoms with Crippen molar-refractivity contribution in [3.05, 3.63) is 50.6 Å². The minimum atomic E-state index is 0.605. The van der Waals surface area contributed by atoms with E-state index in [1.165, 1.54) is 5.56 Å². The van der Waals surface area contributed by atoms with Crippen LogP contribution in [-0.4, -0.2) is 7.11 Å². The summed E-state index contributed by atoms with van der Waals surface area (Å²) in [7, 11) is 1.71. The van der Waals surface area contributed by atoms with E-state index < -0.39 is 0 Å². The van der Waals surface area contributed by atoms with Gasteiger partial charge in [-0.1, -0.05) is 22.0 Å². The van der Waals surface area contributed by atoms with Crippen LogP contribution in [0.2, 0.25) is 0 Å². The fourth-order valence-corrected chi connectivity index (χ4v) is 2.76. The molecule has 1 aromatic carbocycles. The summed E-state index contributed by atoms with van der Waals surface area (Å²) < 4.78 is 6.30. The van der Waals surface area contributed by atoms with Gasteiger partial charge in [-0.2, -0.15) is 11.3 Å². The first-order valence-corrected chi connectivity index (χ1v) is 7.06. The number of ether oxygens (including phenoxy) is 1. The van der Waals surface area contributed by atoms with E-state index in [1.807, 2.05) is 12.1 Å². The summed E-state index contributed by atoms with van der Waals surface area (Å²) in [5, 5.41) is 7.68. The molecule has 0 unspecified atom stereocenters. The van der Waals surface area contributed by atoms with Crippen LogP contribution in [0.4, 0.5) is 5.69 Å². The fourth-order valence-electron chi connectivity index (χ4n) is 1.61. The van der Waals surface area contributed by atoms with Crippen molar-refractivity contribution < 1.29 is 4.74 Å². The van der Waals surface area contributed by atoms with Crippen molar-refractivity contribution in [1.29, 1.82) is 0 Å². The predicted molar refractivity (Wildman–Crippen MR) is 76.5 cm³/mol. The molecule has 0 bridgehead atoms. The third-order valence-electron chi connectivity index (χ3n) is 2.47. The Balaban J connectivity index is 2.11. The van der Waals surface area contributed by atoms with Crippen LogP contribution in [0.25, 0.3) is 0 Å². The average molecular weight is 312 g/mol. The van der Waals surface area contributed by atoms with Gasteiger partial charge >= 0.3 is 0 Å². The molecule has 0 aliphatic rings. The Labute approximate surface area is 114 Å². The minimum Gasteiger partial charge on any atom is -0.381 e. The van der Waals surface area contributed by atoms with E-state index in [1.54, 1.807) is 18.4 Å². The Hall–Kier alpha value is -0.840. The van der Waals surface area contributed by atoms with Gasteiger partial charge in [-0.05, 0) is 34.5 Å². The van der Waals surface area contributed by atoms with Gasteiger partial charge in [0.25, 0.3) is 0 Å². The van der Waals surface area contributed by atoms with Gasteiger partial charge in [0.1, 0.15) is 0 Å². The summed E-state index contributed by atoms with van der Waals surface area (Å²) in [6, 6.07) is 8.26. The summed E-state index contributed by atoms with van der Waals surface area (Å²) >= 11 is 5.27. The molecule has 17 heavy (non-hydrogen) atoms. The summed E-state index contributed by atoms with van der Waals surface area (Å²) in [5.41, 5.74) is 3.58. The number of halogens is 1. The highest BCUT2D eigenvalue weighted by Crippen LogP contribution is 2.26. The van der Waals surface area contributed by atoms with Crippen LogP contribution in [0.5, 0.6) is 0 Å². The van der Waals surface area contributed by atoms with Crippen LogP contribution in [0, 0.1) is 0 Å². The number of benzene rings is 1. The Morgan fingerprint density at radius 1 is 1.35 bits per heavy atom. The third-order valence-corrected chi connectivity index (χ3v) is 3.95. The van der Waals surface area contributed by atoms with Crippen molar-refractivity contribution in [1.82, 2.24) is 0 Å². The number of nitrogens with one attached hydrogen (secondary N) is 1. The summed E-state index contributed by atoms with van der Waals surface area (Å²) in [4.78, 5) is 0. The Morgan fingerprint density at radius 3 is 2.94 bits per heavy atom. The lowest BCUT2D eigenvalue weighted by Gasteiger charge is -2.12. The van der Waals surface area contributed by atoms with Gasteiger partial charge < -0.3 is 10.1 Å². The molecular weight excluding hydrogens is 298 g/mol. The molecule has 4 heteroatoms. The van der Waals surface area contributed by atoms with Crippen molar-refractivity contribution in [3.63, 3.8) is 0 Å². The van der Waals surface area contributed by atoms with Gasteiger partial charge in [-0.3, -0.25) is 0 Å². The first kappa shape index (κ1) is 12.6. The molecule has 1 heterocycles. The van der Waals surface area contributed by atoms with E-state index in [0.29, 0.717) is 6.61 Å². The summed E-state index contributed by atoms with van der Waals surface area (Å²) in [6.07, 6.45) is 0. The molecule has 0 saturated carbocycles. The molecule has 2 aromatic rings. The Kier molecular flexibility index (Phi) is 4.59. The molecule has 90 valence electrons. The molecule has 1 aromatic heterocycles. The van der Waals surface area contributed by atoms with E-state index in [4.69, 9.17) is 4.74 Å². The van der Waals surface area contributed by atoms with Crippen LogP contribution in [0.1, 0.15) is 11.1 Å². The third kappa shape index (κ3) is 3.31. The summed E-state index contributed by atoms with van der Waals surface area (Å²) in [6.45, 7) is 1.45. The molecule has 0 amide bonds. The lowest BCUT2D eigenvalue weighted by molar-refractivity contribution is 0.185. The minimum absolute atomic E-state index is 0.605. The maximum absolute atomic E-state index is 5.22. The molecule has 1 N–H and O–H groups in total. The lowest BCUT2D eigenvalue weighted by atomic mass is 10.2. The van der Waals surface area contributed by atoms with Crippen LogP contribution < -0.4 is 5.32 Å². The van der Waals surface area contributed by atoms with E-state index in [9.17, 15) is 0 Å². The SMILES string of the molecule is COCc1c(Br)cccc1NCc1ccsc1. The van der Waals surface area contributed by atoms with Crippen molar-refractivity contribution in [2.75, 3.05) is 12.4 Å². The van der Waals surface area contributed by atoms with Crippen LogP contribution in [0.15, 0.2) is 39.5 Å². The maximum Gasteiger partial charge on any atom is 0.0744 e. The molecule has 0 spiro atoms. The number of methoxy groups -OCH3 is 1. The number of thiophene rings is 1. The second-order valence-electron chi connectivity index (χ2n) is 3.68. The standard InChI is InChI=1S/C13H14BrNOS/c1-16-8-11-12(14)3-2-4-13(11)15-7-10-5-6-17-9-10/h2-6,9,15H,7-8H2,1H3. The molecule has 2 rings (SSSR count). The Bertz CT molecular complexity index is 470. The fraction of sp³-hybridized carbons (Fsp3) is 0.231. The Morgan fingerprint density at radius 2 is 2.24 bits per heavy atom. The van der Waals surface area contributed by atoms with Gasteiger partial charge in [0.2, 0.25) is 0 Å². The molecular formula is C13H14BrNOS. The van der Waals surface area contributed by atoms with Gasteiger partial charge in [-0.15, -0.1) is 0 Å². The largest absolute Gasteiger partial charge is 0.381 e. The zero-order chi connectivity index (χ0) is 12.1. The van der Waals surface area contributed by atoms with Crippen LogP contribution in [0.3, 0.4) is 0 Å². The van der Waals surface area contributed by atoms with E-state index in [0.717, 1.165) is 22.3 Å². The first-order chi connectivity index (χ1) is 8.31. The molecule has 0 radical (unpaired) electrons. The molecule has 0 saturated heterocycles. The van der Waals surface area contributed by atoms with Crippen molar-refractivity contribution in [2.24, 2.45) is 0 Å². The first-order valence-electron chi connectivity index (χ1n) is 5.32. The van der Waals surface area contributed by atoms with Crippen LogP contribution in [-0.2, 0) is 17.9 Å². The highest BCUT2D eigenvalue weighted by molar-refractivity contribution is 9.10. The molecule has 2 nitrogen and oxygen atoms in total. The quantitative estimate of drug-likeness (QED) is 0.890. The topological polar surface area (TPSA) is 21.3 Å². The monoisotopic (exact) mass is 311 g/mol. The van der Waals surface area contributed by atoms with E-state index in [2.05, 4.69) is 44.1 Å². The van der Waals surface area contributed by atoms with Gasteiger partial charge in [-0.25, -0.2) is 0 Å². The van der Waals surface area contributed by atoms with Crippen molar-refractivity contribution >= 4 is 33.0 Å². The van der Waals surface area contributed by atoms with E-state index in [-0.39, 0.29) is 0 Å². The number of hydrogen-bond donors (Lipinski definition) is 1. The lowest BCUT2D eigenvalue weighted by Crippen LogP contribution is -2.03. The predicted octanol–water partition coefficient (Wildman–Crippen LogP) is 4.27.